The molecule has 0 aliphatic heterocycles. The Kier molecular flexibility index (Phi) is 5.42. The van der Waals surface area contributed by atoms with Gasteiger partial charge in [0.2, 0.25) is 5.91 Å². The standard InChI is InChI=1S/C17H16BrN3O2S/c1-2-23-13-6-4-12(5-7-13)19-16(22)10-24-17-20-14-8-3-11(18)9-15(14)21-17/h3-9H,2,10H2,1H3,(H,19,22)(H,20,21). The lowest BCUT2D eigenvalue weighted by Gasteiger charge is -2.06. The van der Waals surface area contributed by atoms with Crippen LogP contribution in [0.15, 0.2) is 52.1 Å². The summed E-state index contributed by atoms with van der Waals surface area (Å²) in [6, 6.07) is 13.2. The van der Waals surface area contributed by atoms with Crippen LogP contribution < -0.4 is 10.1 Å². The van der Waals surface area contributed by atoms with Crippen LogP contribution in [0.25, 0.3) is 11.0 Å². The number of H-pyrrole nitrogens is 1. The molecule has 3 rings (SSSR count). The zero-order chi connectivity index (χ0) is 16.9. The normalized spacial score (nSPS) is 10.8. The second kappa shape index (κ2) is 7.72. The Labute approximate surface area is 152 Å². The molecule has 0 aliphatic carbocycles. The van der Waals surface area contributed by atoms with Gasteiger partial charge in [-0.05, 0) is 49.4 Å². The number of nitrogens with one attached hydrogen (secondary N) is 2. The van der Waals surface area contributed by atoms with Gasteiger partial charge in [-0.2, -0.15) is 0 Å². The zero-order valence-electron chi connectivity index (χ0n) is 13.0. The van der Waals surface area contributed by atoms with Crippen molar-refractivity contribution in [2.45, 2.75) is 12.1 Å². The van der Waals surface area contributed by atoms with E-state index in [1.807, 2.05) is 49.4 Å². The van der Waals surface area contributed by atoms with Crippen LogP contribution in [0.3, 0.4) is 0 Å². The highest BCUT2D eigenvalue weighted by Crippen LogP contribution is 2.23. The number of carbonyl (C=O) groups excluding carboxylic acids is 1. The number of hydrogen-bond acceptors (Lipinski definition) is 4. The molecule has 7 heteroatoms. The average molecular weight is 406 g/mol. The van der Waals surface area contributed by atoms with Gasteiger partial charge in [-0.15, -0.1) is 0 Å². The SMILES string of the molecule is CCOc1ccc(NC(=O)CSc2nc3ccc(Br)cc3[nH]2)cc1. The monoisotopic (exact) mass is 405 g/mol. The Bertz CT molecular complexity index is 849. The molecule has 1 amide bonds. The van der Waals surface area contributed by atoms with E-state index >= 15 is 0 Å². The minimum absolute atomic E-state index is 0.0780. The third-order valence-corrected chi connectivity index (χ3v) is 4.58. The first-order valence-electron chi connectivity index (χ1n) is 7.45. The predicted octanol–water partition coefficient (Wildman–Crippen LogP) is 4.45. The fraction of sp³-hybridized carbons (Fsp3) is 0.176. The first kappa shape index (κ1) is 16.9. The Hall–Kier alpha value is -1.99. The van der Waals surface area contributed by atoms with Gasteiger partial charge in [0.1, 0.15) is 5.75 Å². The van der Waals surface area contributed by atoms with Crippen LogP contribution in [-0.2, 0) is 4.79 Å². The summed E-state index contributed by atoms with van der Waals surface area (Å²) in [5.74, 6) is 0.998. The van der Waals surface area contributed by atoms with Gasteiger partial charge >= 0.3 is 0 Å². The number of thioether (sulfide) groups is 1. The van der Waals surface area contributed by atoms with E-state index in [0.29, 0.717) is 6.61 Å². The lowest BCUT2D eigenvalue weighted by atomic mass is 10.3. The molecule has 1 aromatic heterocycles. The first-order chi connectivity index (χ1) is 11.6. The van der Waals surface area contributed by atoms with E-state index in [-0.39, 0.29) is 11.7 Å². The lowest BCUT2D eigenvalue weighted by molar-refractivity contribution is -0.113. The van der Waals surface area contributed by atoms with Crippen molar-refractivity contribution in [3.05, 3.63) is 46.9 Å². The number of nitrogens with zero attached hydrogens (tertiary/aromatic N) is 1. The number of fused-ring (bicyclic) bond motifs is 1. The van der Waals surface area contributed by atoms with Gasteiger partial charge in [0.15, 0.2) is 5.16 Å². The van der Waals surface area contributed by atoms with Crippen molar-refractivity contribution in [2.24, 2.45) is 0 Å². The van der Waals surface area contributed by atoms with Crippen LogP contribution in [0.2, 0.25) is 0 Å². The minimum atomic E-state index is -0.0780. The molecule has 0 aliphatic rings. The molecule has 0 saturated heterocycles. The summed E-state index contributed by atoms with van der Waals surface area (Å²) in [5.41, 5.74) is 2.57. The lowest BCUT2D eigenvalue weighted by Crippen LogP contribution is -2.14. The van der Waals surface area contributed by atoms with E-state index in [0.717, 1.165) is 32.1 Å². The first-order valence-corrected chi connectivity index (χ1v) is 9.22. The molecule has 0 unspecified atom stereocenters. The number of ether oxygens (including phenoxy) is 1. The van der Waals surface area contributed by atoms with E-state index in [1.54, 1.807) is 0 Å². The number of aromatic nitrogens is 2. The van der Waals surface area contributed by atoms with Crippen LogP contribution >= 0.6 is 27.7 Å². The van der Waals surface area contributed by atoms with Gasteiger partial charge in [-0.25, -0.2) is 4.98 Å². The quantitative estimate of drug-likeness (QED) is 0.594. The van der Waals surface area contributed by atoms with Crippen molar-refractivity contribution in [2.75, 3.05) is 17.7 Å². The van der Waals surface area contributed by atoms with E-state index in [1.165, 1.54) is 11.8 Å². The molecule has 2 N–H and O–H groups in total. The molecule has 0 fully saturated rings. The van der Waals surface area contributed by atoms with Crippen LogP contribution in [0, 0.1) is 0 Å². The molecule has 3 aromatic rings. The number of aromatic amines is 1. The van der Waals surface area contributed by atoms with Gasteiger partial charge < -0.3 is 15.0 Å². The summed E-state index contributed by atoms with van der Waals surface area (Å²) in [7, 11) is 0. The second-order valence-corrected chi connectivity index (χ2v) is 6.88. The maximum Gasteiger partial charge on any atom is 0.234 e. The summed E-state index contributed by atoms with van der Waals surface area (Å²) in [5, 5.41) is 3.59. The number of anilines is 1. The molecule has 1 heterocycles. The van der Waals surface area contributed by atoms with Gasteiger partial charge in [0.25, 0.3) is 0 Å². The van der Waals surface area contributed by atoms with E-state index in [9.17, 15) is 4.79 Å². The predicted molar refractivity (Wildman–Crippen MR) is 101 cm³/mol. The zero-order valence-corrected chi connectivity index (χ0v) is 15.4. The fourth-order valence-electron chi connectivity index (χ4n) is 2.16. The van der Waals surface area contributed by atoms with E-state index in [2.05, 4.69) is 31.2 Å². The van der Waals surface area contributed by atoms with Crippen LogP contribution in [0.5, 0.6) is 5.75 Å². The molecule has 0 bridgehead atoms. The average Bonchev–Trinajstić information content (AvgIpc) is 2.97. The number of carbonyl (C=O) groups is 1. The highest BCUT2D eigenvalue weighted by Gasteiger charge is 2.08. The van der Waals surface area contributed by atoms with E-state index < -0.39 is 0 Å². The molecule has 2 aromatic carbocycles. The summed E-state index contributed by atoms with van der Waals surface area (Å²) in [4.78, 5) is 19.7. The summed E-state index contributed by atoms with van der Waals surface area (Å²) in [6.07, 6.45) is 0. The summed E-state index contributed by atoms with van der Waals surface area (Å²) >= 11 is 4.80. The molecule has 24 heavy (non-hydrogen) atoms. The third kappa shape index (κ3) is 4.30. The van der Waals surface area contributed by atoms with Crippen molar-refractivity contribution in [1.29, 1.82) is 0 Å². The molecule has 124 valence electrons. The molecule has 0 atom stereocenters. The topological polar surface area (TPSA) is 67.0 Å². The van der Waals surface area contributed by atoms with Crippen LogP contribution in [0.1, 0.15) is 6.92 Å². The number of rotatable bonds is 6. The van der Waals surface area contributed by atoms with Crippen molar-refractivity contribution >= 4 is 50.3 Å². The van der Waals surface area contributed by atoms with Crippen molar-refractivity contribution in [3.63, 3.8) is 0 Å². The van der Waals surface area contributed by atoms with Crippen molar-refractivity contribution in [3.8, 4) is 5.75 Å². The number of halogens is 1. The molecule has 5 nitrogen and oxygen atoms in total. The largest absolute Gasteiger partial charge is 0.494 e. The number of imidazole rings is 1. The highest BCUT2D eigenvalue weighted by molar-refractivity contribution is 9.10. The fourth-order valence-corrected chi connectivity index (χ4v) is 3.21. The van der Waals surface area contributed by atoms with Crippen molar-refractivity contribution < 1.29 is 9.53 Å². The Morgan fingerprint density at radius 1 is 1.29 bits per heavy atom. The molecule has 0 radical (unpaired) electrons. The van der Waals surface area contributed by atoms with Crippen molar-refractivity contribution in [1.82, 2.24) is 9.97 Å². The maximum absolute atomic E-state index is 12.1. The molecule has 0 saturated carbocycles. The minimum Gasteiger partial charge on any atom is -0.494 e. The smallest absolute Gasteiger partial charge is 0.234 e. The van der Waals surface area contributed by atoms with Crippen LogP contribution in [0.4, 0.5) is 5.69 Å². The number of hydrogen-bond donors (Lipinski definition) is 2. The number of benzene rings is 2. The molecule has 0 spiro atoms. The summed E-state index contributed by atoms with van der Waals surface area (Å²) in [6.45, 7) is 2.56. The van der Waals surface area contributed by atoms with Gasteiger partial charge in [-0.3, -0.25) is 4.79 Å². The van der Waals surface area contributed by atoms with Gasteiger partial charge in [0.05, 0.1) is 23.4 Å². The second-order valence-electron chi connectivity index (χ2n) is 5.00. The third-order valence-electron chi connectivity index (χ3n) is 3.21. The highest BCUT2D eigenvalue weighted by atomic mass is 79.9. The van der Waals surface area contributed by atoms with Gasteiger partial charge in [0, 0.05) is 10.2 Å². The Morgan fingerprint density at radius 2 is 2.08 bits per heavy atom. The Morgan fingerprint density at radius 3 is 2.83 bits per heavy atom. The maximum atomic E-state index is 12.1. The number of amides is 1. The van der Waals surface area contributed by atoms with Crippen LogP contribution in [-0.4, -0.2) is 28.2 Å². The molecular formula is C17H16BrN3O2S. The Balaban J connectivity index is 1.56. The summed E-state index contributed by atoms with van der Waals surface area (Å²) < 4.78 is 6.37. The van der Waals surface area contributed by atoms with E-state index in [4.69, 9.17) is 4.74 Å². The molecular weight excluding hydrogens is 390 g/mol. The van der Waals surface area contributed by atoms with Gasteiger partial charge in [-0.1, -0.05) is 27.7 Å².